The van der Waals surface area contributed by atoms with E-state index in [-0.39, 0.29) is 29.7 Å². The van der Waals surface area contributed by atoms with Gasteiger partial charge in [-0.3, -0.25) is 14.4 Å². The second-order valence-corrected chi connectivity index (χ2v) is 8.36. The van der Waals surface area contributed by atoms with Crippen molar-refractivity contribution in [2.24, 2.45) is 5.92 Å². The zero-order chi connectivity index (χ0) is 26.5. The molecule has 9 heteroatoms. The smallest absolute Gasteiger partial charge is 0.309 e. The summed E-state index contributed by atoms with van der Waals surface area (Å²) in [4.78, 5) is 41.2. The number of pyridine rings is 1. The highest BCUT2D eigenvalue weighted by Crippen LogP contribution is 2.31. The average molecular weight is 502 g/mol. The molecule has 0 saturated heterocycles. The molecule has 0 unspecified atom stereocenters. The molecule has 196 valence electrons. The fraction of sp³-hybridized carbons (Fsp3) is 0.481. The van der Waals surface area contributed by atoms with Crippen LogP contribution in [-0.4, -0.2) is 55.4 Å². The number of nitrogens with zero attached hydrogens (tertiary/aromatic N) is 1. The molecule has 0 N–H and O–H groups in total. The van der Waals surface area contributed by atoms with Gasteiger partial charge < -0.3 is 23.7 Å². The molecular weight excluding hydrogens is 466 g/mol. The van der Waals surface area contributed by atoms with Crippen LogP contribution in [0.2, 0.25) is 0 Å². The van der Waals surface area contributed by atoms with Crippen molar-refractivity contribution >= 4 is 17.7 Å². The van der Waals surface area contributed by atoms with Crippen LogP contribution < -0.4 is 9.47 Å². The van der Waals surface area contributed by atoms with E-state index in [1.165, 1.54) is 26.3 Å². The van der Waals surface area contributed by atoms with Crippen LogP contribution in [0.4, 0.5) is 0 Å². The third-order valence-corrected chi connectivity index (χ3v) is 5.37. The van der Waals surface area contributed by atoms with Gasteiger partial charge in [-0.2, -0.15) is 0 Å². The van der Waals surface area contributed by atoms with Gasteiger partial charge >= 0.3 is 11.9 Å². The van der Waals surface area contributed by atoms with Gasteiger partial charge in [-0.25, -0.2) is 4.98 Å². The van der Waals surface area contributed by atoms with E-state index >= 15 is 0 Å². The lowest BCUT2D eigenvalue weighted by atomic mass is 10.0. The number of ether oxygens (including phenoxy) is 5. The quantitative estimate of drug-likeness (QED) is 0.202. The zero-order valence-corrected chi connectivity index (χ0v) is 21.5. The number of Topliss-reactive ketones (excluding diaryl/α,β-unsaturated/α-hetero) is 1. The van der Waals surface area contributed by atoms with Gasteiger partial charge in [-0.15, -0.1) is 0 Å². The first kappa shape index (κ1) is 28.8. The van der Waals surface area contributed by atoms with Crippen molar-refractivity contribution in [2.45, 2.75) is 59.2 Å². The van der Waals surface area contributed by atoms with Crippen molar-refractivity contribution in [1.82, 2.24) is 4.98 Å². The summed E-state index contributed by atoms with van der Waals surface area (Å²) in [7, 11) is 1.41. The van der Waals surface area contributed by atoms with E-state index in [1.807, 2.05) is 44.2 Å². The van der Waals surface area contributed by atoms with Gasteiger partial charge in [0.1, 0.15) is 6.10 Å². The number of carbonyl (C=O) groups is 3. The molecule has 0 bridgehead atoms. The van der Waals surface area contributed by atoms with Gasteiger partial charge in [-0.1, -0.05) is 44.2 Å². The van der Waals surface area contributed by atoms with Crippen LogP contribution in [0.25, 0.3) is 0 Å². The molecule has 1 aromatic heterocycles. The molecule has 0 fully saturated rings. The Balaban J connectivity index is 2.11. The maximum Gasteiger partial charge on any atom is 0.309 e. The number of benzene rings is 1. The van der Waals surface area contributed by atoms with Crippen LogP contribution in [0.5, 0.6) is 11.5 Å². The summed E-state index contributed by atoms with van der Waals surface area (Å²) in [5.74, 6) is -1.95. The zero-order valence-electron chi connectivity index (χ0n) is 21.5. The maximum absolute atomic E-state index is 13.1. The summed E-state index contributed by atoms with van der Waals surface area (Å²) in [6, 6.07) is 11.2. The number of hydrogen-bond acceptors (Lipinski definition) is 9. The predicted octanol–water partition coefficient (Wildman–Crippen LogP) is 4.17. The highest BCUT2D eigenvalue weighted by molar-refractivity contribution is 5.99. The molecule has 1 aromatic carbocycles. The Morgan fingerprint density at radius 2 is 1.78 bits per heavy atom. The van der Waals surface area contributed by atoms with Crippen molar-refractivity contribution in [3.8, 4) is 11.5 Å². The van der Waals surface area contributed by atoms with Crippen LogP contribution in [0.3, 0.4) is 0 Å². The minimum atomic E-state index is -0.747. The van der Waals surface area contributed by atoms with Crippen molar-refractivity contribution in [1.29, 1.82) is 0 Å². The second-order valence-electron chi connectivity index (χ2n) is 8.36. The van der Waals surface area contributed by atoms with E-state index in [9.17, 15) is 14.4 Å². The normalized spacial score (nSPS) is 13.2. The van der Waals surface area contributed by atoms with Crippen LogP contribution in [0, 0.1) is 5.92 Å². The average Bonchev–Trinajstić information content (AvgIpc) is 2.87. The third-order valence-electron chi connectivity index (χ3n) is 5.37. The first-order valence-electron chi connectivity index (χ1n) is 11.9. The largest absolute Gasteiger partial charge is 0.493 e. The number of aromatic nitrogens is 1. The topological polar surface area (TPSA) is 110 Å². The SMILES string of the molecule is CCCO[C@@H](C)[C@@H](Cc1ccccc1)OC(=O)[C@H](C)CC(=O)c1nccc(OC)c1OCOC(C)=O. The summed E-state index contributed by atoms with van der Waals surface area (Å²) >= 11 is 0. The van der Waals surface area contributed by atoms with Gasteiger partial charge in [0.15, 0.2) is 23.0 Å². The monoisotopic (exact) mass is 501 g/mol. The highest BCUT2D eigenvalue weighted by atomic mass is 16.7. The molecular formula is C27H35NO8. The summed E-state index contributed by atoms with van der Waals surface area (Å²) in [6.45, 7) is 6.88. The van der Waals surface area contributed by atoms with E-state index in [0.29, 0.717) is 13.0 Å². The number of rotatable bonds is 15. The molecule has 9 nitrogen and oxygen atoms in total. The Kier molecular flexibility index (Phi) is 11.9. The van der Waals surface area contributed by atoms with Gasteiger partial charge in [-0.05, 0) is 18.9 Å². The predicted molar refractivity (Wildman–Crippen MR) is 132 cm³/mol. The fourth-order valence-electron chi connectivity index (χ4n) is 3.39. The van der Waals surface area contributed by atoms with E-state index in [4.69, 9.17) is 23.7 Å². The molecule has 0 aliphatic carbocycles. The summed E-state index contributed by atoms with van der Waals surface area (Å²) in [6.07, 6.45) is 1.74. The Bertz CT molecular complexity index is 995. The van der Waals surface area contributed by atoms with E-state index in [0.717, 1.165) is 12.0 Å². The number of methoxy groups -OCH3 is 1. The second kappa shape index (κ2) is 14.8. The van der Waals surface area contributed by atoms with Gasteiger partial charge in [0, 0.05) is 38.6 Å². The van der Waals surface area contributed by atoms with Crippen molar-refractivity contribution in [2.75, 3.05) is 20.5 Å². The van der Waals surface area contributed by atoms with E-state index in [2.05, 4.69) is 4.98 Å². The van der Waals surface area contributed by atoms with Crippen molar-refractivity contribution < 1.29 is 38.1 Å². The number of carbonyl (C=O) groups excluding carboxylic acids is 3. The summed E-state index contributed by atoms with van der Waals surface area (Å²) in [5, 5.41) is 0. The Labute approximate surface area is 212 Å². The number of hydrogen-bond donors (Lipinski definition) is 0. The lowest BCUT2D eigenvalue weighted by molar-refractivity contribution is -0.161. The summed E-state index contributed by atoms with van der Waals surface area (Å²) < 4.78 is 27.2. The van der Waals surface area contributed by atoms with E-state index in [1.54, 1.807) is 6.92 Å². The molecule has 3 atom stereocenters. The first-order chi connectivity index (χ1) is 17.3. The summed E-state index contributed by atoms with van der Waals surface area (Å²) in [5.41, 5.74) is 0.989. The molecule has 0 radical (unpaired) electrons. The molecule has 0 saturated carbocycles. The number of ketones is 1. The number of esters is 2. The molecule has 36 heavy (non-hydrogen) atoms. The molecule has 1 heterocycles. The third kappa shape index (κ3) is 8.96. The molecule has 0 aliphatic heterocycles. The van der Waals surface area contributed by atoms with Crippen molar-refractivity contribution in [3.05, 3.63) is 53.9 Å². The lowest BCUT2D eigenvalue weighted by Gasteiger charge is -2.26. The fourth-order valence-corrected chi connectivity index (χ4v) is 3.39. The van der Waals surface area contributed by atoms with Gasteiger partial charge in [0.25, 0.3) is 0 Å². The molecule has 0 spiro atoms. The van der Waals surface area contributed by atoms with Crippen LogP contribution in [0.1, 0.15) is 56.6 Å². The first-order valence-corrected chi connectivity index (χ1v) is 11.9. The maximum atomic E-state index is 13.1. The van der Waals surface area contributed by atoms with Crippen LogP contribution in [-0.2, 0) is 30.2 Å². The standard InChI is InChI=1S/C27H35NO8/c1-6-14-33-19(3)24(16-21-10-8-7-9-11-21)36-27(31)18(2)15-22(30)25-26(35-17-34-20(4)29)23(32-5)12-13-28-25/h7-13,18-19,24H,6,14-17H2,1-5H3/t18-,19+,24-/m1/s1. The molecule has 0 aliphatic rings. The Hall–Kier alpha value is -3.46. The van der Waals surface area contributed by atoms with Crippen LogP contribution in [0.15, 0.2) is 42.6 Å². The van der Waals surface area contributed by atoms with Gasteiger partial charge in [0.2, 0.25) is 6.79 Å². The molecule has 2 rings (SSSR count). The van der Waals surface area contributed by atoms with Gasteiger partial charge in [0.05, 0.1) is 19.1 Å². The van der Waals surface area contributed by atoms with E-state index < -0.39 is 36.5 Å². The lowest BCUT2D eigenvalue weighted by Crippen LogP contribution is -2.35. The van der Waals surface area contributed by atoms with Crippen molar-refractivity contribution in [3.63, 3.8) is 0 Å². The Morgan fingerprint density at radius 1 is 1.06 bits per heavy atom. The minimum absolute atomic E-state index is 0.0263. The molecule has 2 aromatic rings. The minimum Gasteiger partial charge on any atom is -0.493 e. The Morgan fingerprint density at radius 3 is 2.42 bits per heavy atom. The van der Waals surface area contributed by atoms with Crippen LogP contribution >= 0.6 is 0 Å². The highest BCUT2D eigenvalue weighted by Gasteiger charge is 2.29. The molecule has 0 amide bonds.